The van der Waals surface area contributed by atoms with Gasteiger partial charge in [0, 0.05) is 0 Å². The maximum atomic E-state index is 13.5. The first-order chi connectivity index (χ1) is 8.14. The molecule has 0 radical (unpaired) electrons. The van der Waals surface area contributed by atoms with Gasteiger partial charge in [0.1, 0.15) is 0 Å². The first kappa shape index (κ1) is 14.5. The van der Waals surface area contributed by atoms with Crippen molar-refractivity contribution in [3.8, 4) is 0 Å². The highest BCUT2D eigenvalue weighted by Gasteiger charge is 2.51. The average molecular weight is 380 g/mol. The number of hydrogen-bond acceptors (Lipinski definition) is 2. The van der Waals surface area contributed by atoms with E-state index >= 15 is 0 Å². The van der Waals surface area contributed by atoms with Crippen molar-refractivity contribution in [1.29, 1.82) is 0 Å². The highest BCUT2D eigenvalue weighted by Crippen LogP contribution is 2.37. The van der Waals surface area contributed by atoms with Crippen molar-refractivity contribution in [3.05, 3.63) is 26.9 Å². The Morgan fingerprint density at radius 2 is 1.39 bits per heavy atom. The third kappa shape index (κ3) is 2.40. The van der Waals surface area contributed by atoms with E-state index in [1.807, 2.05) is 27.7 Å². The van der Waals surface area contributed by atoms with Gasteiger partial charge in [-0.1, -0.05) is 0 Å². The topological polar surface area (TPSA) is 18.5 Å². The van der Waals surface area contributed by atoms with Gasteiger partial charge in [-0.2, -0.15) is 0 Å². The van der Waals surface area contributed by atoms with Gasteiger partial charge in [0.15, 0.2) is 5.82 Å². The van der Waals surface area contributed by atoms with E-state index in [2.05, 4.69) is 31.9 Å². The second kappa shape index (κ2) is 4.58. The third-order valence-corrected chi connectivity index (χ3v) is 4.69. The summed E-state index contributed by atoms with van der Waals surface area (Å²) in [7, 11) is -0.483. The van der Waals surface area contributed by atoms with Crippen LogP contribution in [0.25, 0.3) is 0 Å². The lowest BCUT2D eigenvalue weighted by molar-refractivity contribution is 0.00578. The molecule has 2 nitrogen and oxygen atoms in total. The summed E-state index contributed by atoms with van der Waals surface area (Å²) in [6.45, 7) is 7.95. The molecule has 1 saturated heterocycles. The van der Waals surface area contributed by atoms with Crippen molar-refractivity contribution in [2.24, 2.45) is 0 Å². The molecule has 0 aliphatic carbocycles. The fourth-order valence-electron chi connectivity index (χ4n) is 1.69. The van der Waals surface area contributed by atoms with Crippen molar-refractivity contribution in [1.82, 2.24) is 0 Å². The van der Waals surface area contributed by atoms with Gasteiger partial charge in [-0.3, -0.25) is 0 Å². The van der Waals surface area contributed by atoms with E-state index in [0.717, 1.165) is 5.46 Å². The van der Waals surface area contributed by atoms with Crippen molar-refractivity contribution >= 4 is 44.4 Å². The molecule has 1 aliphatic rings. The Morgan fingerprint density at radius 3 is 1.78 bits per heavy atom. The van der Waals surface area contributed by atoms with Gasteiger partial charge in [-0.05, 0) is 77.2 Å². The van der Waals surface area contributed by atoms with Crippen LogP contribution in [0.2, 0.25) is 0 Å². The molecule has 1 aliphatic heterocycles. The minimum atomic E-state index is -0.483. The predicted octanol–water partition coefficient (Wildman–Crippen LogP) is 3.65. The van der Waals surface area contributed by atoms with Crippen LogP contribution >= 0.6 is 31.9 Å². The van der Waals surface area contributed by atoms with Crippen LogP contribution in [0.3, 0.4) is 0 Å². The van der Waals surface area contributed by atoms with Crippen molar-refractivity contribution in [3.63, 3.8) is 0 Å². The molecule has 1 aromatic rings. The fourth-order valence-corrected chi connectivity index (χ4v) is 2.91. The summed E-state index contributed by atoms with van der Waals surface area (Å²) in [5, 5.41) is 0. The van der Waals surface area contributed by atoms with Crippen LogP contribution in [0.5, 0.6) is 0 Å². The Balaban J connectivity index is 2.36. The van der Waals surface area contributed by atoms with E-state index in [1.54, 1.807) is 12.1 Å². The maximum Gasteiger partial charge on any atom is 0.494 e. The van der Waals surface area contributed by atoms with E-state index in [1.165, 1.54) is 0 Å². The minimum absolute atomic E-state index is 0.324. The maximum absolute atomic E-state index is 13.5. The summed E-state index contributed by atoms with van der Waals surface area (Å²) < 4.78 is 26.1. The molecule has 1 aromatic carbocycles. The summed E-state index contributed by atoms with van der Waals surface area (Å²) >= 11 is 6.37. The second-order valence-corrected chi connectivity index (χ2v) is 7.10. The molecule has 6 heteroatoms. The normalized spacial score (nSPS) is 21.4. The monoisotopic (exact) mass is 378 g/mol. The molecule has 0 unspecified atom stereocenters. The first-order valence-electron chi connectivity index (χ1n) is 5.64. The Hall–Kier alpha value is 0.0949. The molecule has 2 rings (SSSR count). The molecule has 1 heterocycles. The van der Waals surface area contributed by atoms with Crippen LogP contribution in [-0.4, -0.2) is 18.3 Å². The van der Waals surface area contributed by atoms with Gasteiger partial charge >= 0.3 is 7.12 Å². The van der Waals surface area contributed by atoms with Gasteiger partial charge in [0.25, 0.3) is 0 Å². The molecule has 0 aromatic heterocycles. The standard InChI is InChI=1S/C12H14BBr2FO2/c1-11(2)12(3,4)18-13(17-11)7-5-8(14)10(16)9(15)6-7/h5-6H,1-4H3. The molecular weight excluding hydrogens is 366 g/mol. The molecule has 0 atom stereocenters. The summed E-state index contributed by atoms with van der Waals surface area (Å²) in [4.78, 5) is 0. The zero-order valence-corrected chi connectivity index (χ0v) is 13.9. The van der Waals surface area contributed by atoms with Crippen LogP contribution in [-0.2, 0) is 9.31 Å². The van der Waals surface area contributed by atoms with Gasteiger partial charge in [-0.15, -0.1) is 0 Å². The molecule has 0 N–H and O–H groups in total. The molecule has 18 heavy (non-hydrogen) atoms. The lowest BCUT2D eigenvalue weighted by Crippen LogP contribution is -2.41. The average Bonchev–Trinajstić information content (AvgIpc) is 2.44. The number of benzene rings is 1. The van der Waals surface area contributed by atoms with Gasteiger partial charge in [0.2, 0.25) is 0 Å². The molecule has 0 spiro atoms. The van der Waals surface area contributed by atoms with E-state index < -0.39 is 18.3 Å². The highest BCUT2D eigenvalue weighted by atomic mass is 79.9. The van der Waals surface area contributed by atoms with Crippen LogP contribution in [0, 0.1) is 5.82 Å². The molecule has 0 saturated carbocycles. The van der Waals surface area contributed by atoms with E-state index in [0.29, 0.717) is 8.95 Å². The van der Waals surface area contributed by atoms with E-state index in [4.69, 9.17) is 9.31 Å². The lowest BCUT2D eigenvalue weighted by atomic mass is 9.79. The molecular formula is C12H14BBr2FO2. The number of halogens is 3. The van der Waals surface area contributed by atoms with Crippen molar-refractivity contribution in [2.45, 2.75) is 38.9 Å². The molecule has 1 fully saturated rings. The lowest BCUT2D eigenvalue weighted by Gasteiger charge is -2.32. The van der Waals surface area contributed by atoms with Gasteiger partial charge < -0.3 is 9.31 Å². The fraction of sp³-hybridized carbons (Fsp3) is 0.500. The van der Waals surface area contributed by atoms with Gasteiger partial charge in [-0.25, -0.2) is 4.39 Å². The Morgan fingerprint density at radius 1 is 1.00 bits per heavy atom. The van der Waals surface area contributed by atoms with Crippen LogP contribution in [0.15, 0.2) is 21.1 Å². The third-order valence-electron chi connectivity index (χ3n) is 3.53. The SMILES string of the molecule is CC1(C)OB(c2cc(Br)c(F)c(Br)c2)OC1(C)C. The molecule has 0 bridgehead atoms. The summed E-state index contributed by atoms with van der Waals surface area (Å²) in [5.74, 6) is -0.324. The van der Waals surface area contributed by atoms with E-state index in [9.17, 15) is 4.39 Å². The first-order valence-corrected chi connectivity index (χ1v) is 7.23. The van der Waals surface area contributed by atoms with Crippen molar-refractivity contribution < 1.29 is 13.7 Å². The second-order valence-electron chi connectivity index (χ2n) is 5.39. The summed E-state index contributed by atoms with van der Waals surface area (Å²) in [6, 6.07) is 3.37. The molecule has 0 amide bonds. The number of rotatable bonds is 1. The highest BCUT2D eigenvalue weighted by molar-refractivity contribution is 9.11. The Labute approximate surface area is 124 Å². The van der Waals surface area contributed by atoms with Crippen LogP contribution in [0.4, 0.5) is 4.39 Å². The summed E-state index contributed by atoms with van der Waals surface area (Å²) in [6.07, 6.45) is 0. The van der Waals surface area contributed by atoms with Crippen LogP contribution in [0.1, 0.15) is 27.7 Å². The largest absolute Gasteiger partial charge is 0.494 e. The molecule has 98 valence electrons. The van der Waals surface area contributed by atoms with Gasteiger partial charge in [0.05, 0.1) is 20.1 Å². The summed E-state index contributed by atoms with van der Waals surface area (Å²) in [5.41, 5.74) is -0.00970. The Kier molecular flexibility index (Phi) is 3.69. The quantitative estimate of drug-likeness (QED) is 0.547. The zero-order valence-electron chi connectivity index (χ0n) is 10.7. The van der Waals surface area contributed by atoms with Crippen molar-refractivity contribution in [2.75, 3.05) is 0 Å². The smallest absolute Gasteiger partial charge is 0.399 e. The Bertz CT molecular complexity index is 452. The predicted molar refractivity (Wildman–Crippen MR) is 77.5 cm³/mol. The van der Waals surface area contributed by atoms with E-state index in [-0.39, 0.29) is 5.82 Å². The minimum Gasteiger partial charge on any atom is -0.399 e. The zero-order chi connectivity index (χ0) is 13.7. The number of hydrogen-bond donors (Lipinski definition) is 0. The van der Waals surface area contributed by atoms with Crippen LogP contribution < -0.4 is 5.46 Å².